The average molecular weight is 297 g/mol. The predicted molar refractivity (Wildman–Crippen MR) is 66.9 cm³/mol. The summed E-state index contributed by atoms with van der Waals surface area (Å²) in [5, 5.41) is -0.701. The second kappa shape index (κ2) is 4.96. The lowest BCUT2D eigenvalue weighted by atomic mass is 10.4. The van der Waals surface area contributed by atoms with Crippen molar-refractivity contribution in [1.82, 2.24) is 0 Å². The van der Waals surface area contributed by atoms with Gasteiger partial charge in [0.15, 0.2) is 19.7 Å². The molecule has 0 aliphatic carbocycles. The Hall–Kier alpha value is -0.590. The second-order valence-electron chi connectivity index (χ2n) is 3.75. The molecule has 17 heavy (non-hydrogen) atoms. The maximum atomic E-state index is 11.9. The van der Waals surface area contributed by atoms with Crippen LogP contribution < -0.4 is 0 Å². The standard InChI is InChI=1S/C10H13ClO4S2/c1-8(7-11)17(14,15)10-5-3-9(4-6-10)16(2,12)13/h3-6,8H,7H2,1-2H3. The summed E-state index contributed by atoms with van der Waals surface area (Å²) in [5.74, 6) is -0.00381. The van der Waals surface area contributed by atoms with E-state index < -0.39 is 24.9 Å². The van der Waals surface area contributed by atoms with E-state index in [0.717, 1.165) is 6.26 Å². The normalized spacial score (nSPS) is 14.5. The van der Waals surface area contributed by atoms with Crippen LogP contribution in [-0.2, 0) is 19.7 Å². The lowest BCUT2D eigenvalue weighted by Gasteiger charge is -2.09. The topological polar surface area (TPSA) is 68.3 Å². The minimum Gasteiger partial charge on any atom is -0.224 e. The van der Waals surface area contributed by atoms with Crippen LogP contribution in [0.4, 0.5) is 0 Å². The zero-order chi connectivity index (χ0) is 13.3. The van der Waals surface area contributed by atoms with Crippen LogP contribution in [0.5, 0.6) is 0 Å². The largest absolute Gasteiger partial charge is 0.224 e. The highest BCUT2D eigenvalue weighted by Crippen LogP contribution is 2.19. The molecule has 0 saturated heterocycles. The predicted octanol–water partition coefficient (Wildman–Crippen LogP) is 1.49. The van der Waals surface area contributed by atoms with Crippen molar-refractivity contribution in [1.29, 1.82) is 0 Å². The zero-order valence-electron chi connectivity index (χ0n) is 9.42. The van der Waals surface area contributed by atoms with E-state index in [1.54, 1.807) is 0 Å². The molecule has 0 fully saturated rings. The lowest BCUT2D eigenvalue weighted by molar-refractivity contribution is 0.587. The Morgan fingerprint density at radius 1 is 1.06 bits per heavy atom. The third-order valence-corrected chi connectivity index (χ3v) is 6.26. The first-order valence-electron chi connectivity index (χ1n) is 4.79. The molecule has 0 aliphatic rings. The van der Waals surface area contributed by atoms with Gasteiger partial charge >= 0.3 is 0 Å². The fourth-order valence-electron chi connectivity index (χ4n) is 1.19. The van der Waals surface area contributed by atoms with E-state index in [4.69, 9.17) is 11.6 Å². The summed E-state index contributed by atoms with van der Waals surface area (Å²) in [7, 11) is -6.79. The molecule has 1 unspecified atom stereocenters. The van der Waals surface area contributed by atoms with Crippen molar-refractivity contribution in [3.05, 3.63) is 24.3 Å². The van der Waals surface area contributed by atoms with Gasteiger partial charge in [0.25, 0.3) is 0 Å². The second-order valence-corrected chi connectivity index (χ2v) is 8.44. The molecule has 1 aromatic rings. The third-order valence-electron chi connectivity index (χ3n) is 2.33. The summed E-state index contributed by atoms with van der Waals surface area (Å²) >= 11 is 5.52. The van der Waals surface area contributed by atoms with Crippen LogP contribution in [0.25, 0.3) is 0 Å². The Labute approximate surface area is 106 Å². The summed E-state index contributed by atoms with van der Waals surface area (Å²) in [5.41, 5.74) is 0. The van der Waals surface area contributed by atoms with Crippen LogP contribution in [0.3, 0.4) is 0 Å². The first-order chi connectivity index (χ1) is 7.69. The van der Waals surface area contributed by atoms with E-state index in [2.05, 4.69) is 0 Å². The molecule has 4 nitrogen and oxygen atoms in total. The smallest absolute Gasteiger partial charge is 0.182 e. The van der Waals surface area contributed by atoms with E-state index in [0.29, 0.717) is 0 Å². The number of sulfone groups is 2. The van der Waals surface area contributed by atoms with Gasteiger partial charge in [-0.05, 0) is 31.2 Å². The van der Waals surface area contributed by atoms with E-state index in [1.165, 1.54) is 31.2 Å². The quantitative estimate of drug-likeness (QED) is 0.790. The zero-order valence-corrected chi connectivity index (χ0v) is 11.8. The molecule has 0 bridgehead atoms. The van der Waals surface area contributed by atoms with Gasteiger partial charge < -0.3 is 0 Å². The monoisotopic (exact) mass is 296 g/mol. The number of halogens is 1. The van der Waals surface area contributed by atoms with Gasteiger partial charge in [0.1, 0.15) is 0 Å². The molecule has 1 aromatic carbocycles. The molecule has 96 valence electrons. The fraction of sp³-hybridized carbons (Fsp3) is 0.400. The van der Waals surface area contributed by atoms with Crippen molar-refractivity contribution in [2.24, 2.45) is 0 Å². The summed E-state index contributed by atoms with van der Waals surface area (Å²) in [6, 6.07) is 5.13. The van der Waals surface area contributed by atoms with Crippen LogP contribution >= 0.6 is 11.6 Å². The molecule has 0 N–H and O–H groups in total. The third kappa shape index (κ3) is 3.20. The van der Waals surface area contributed by atoms with Crippen LogP contribution in [0, 0.1) is 0 Å². The van der Waals surface area contributed by atoms with Crippen LogP contribution in [0.1, 0.15) is 6.92 Å². The van der Waals surface area contributed by atoms with Gasteiger partial charge in [-0.1, -0.05) is 0 Å². The van der Waals surface area contributed by atoms with Gasteiger partial charge in [-0.15, -0.1) is 11.6 Å². The first kappa shape index (κ1) is 14.5. The van der Waals surface area contributed by atoms with Gasteiger partial charge in [-0.25, -0.2) is 16.8 Å². The molecule has 0 spiro atoms. The summed E-state index contributed by atoms with van der Waals surface area (Å²) in [6.45, 7) is 1.51. The minimum absolute atomic E-state index is 0.00381. The van der Waals surface area contributed by atoms with Crippen LogP contribution in [0.15, 0.2) is 34.1 Å². The summed E-state index contributed by atoms with van der Waals surface area (Å²) in [6.07, 6.45) is 1.07. The molecule has 0 amide bonds. The number of benzene rings is 1. The summed E-state index contributed by atoms with van der Waals surface area (Å²) < 4.78 is 46.2. The molecule has 0 aliphatic heterocycles. The van der Waals surface area contributed by atoms with E-state index in [9.17, 15) is 16.8 Å². The van der Waals surface area contributed by atoms with Gasteiger partial charge in [-0.2, -0.15) is 0 Å². The number of hydrogen-bond acceptors (Lipinski definition) is 4. The Bertz CT molecular complexity index is 588. The Kier molecular flexibility index (Phi) is 4.22. The van der Waals surface area contributed by atoms with Crippen molar-refractivity contribution in [3.8, 4) is 0 Å². The van der Waals surface area contributed by atoms with Crippen molar-refractivity contribution < 1.29 is 16.8 Å². The SMILES string of the molecule is CC(CCl)S(=O)(=O)c1ccc(S(C)(=O)=O)cc1. The number of hydrogen-bond donors (Lipinski definition) is 0. The maximum Gasteiger partial charge on any atom is 0.182 e. The highest BCUT2D eigenvalue weighted by atomic mass is 35.5. The van der Waals surface area contributed by atoms with Crippen LogP contribution in [0.2, 0.25) is 0 Å². The molecule has 0 radical (unpaired) electrons. The highest BCUT2D eigenvalue weighted by molar-refractivity contribution is 7.92. The fourth-order valence-corrected chi connectivity index (χ4v) is 3.47. The van der Waals surface area contributed by atoms with Crippen molar-refractivity contribution in [3.63, 3.8) is 0 Å². The molecule has 0 heterocycles. The molecular formula is C10H13ClO4S2. The Balaban J connectivity index is 3.21. The van der Waals surface area contributed by atoms with Gasteiger partial charge in [0.2, 0.25) is 0 Å². The summed E-state index contributed by atoms with van der Waals surface area (Å²) in [4.78, 5) is 0.174. The maximum absolute atomic E-state index is 11.9. The highest BCUT2D eigenvalue weighted by Gasteiger charge is 2.22. The first-order valence-corrected chi connectivity index (χ1v) is 8.77. The van der Waals surface area contributed by atoms with Crippen LogP contribution in [-0.4, -0.2) is 34.2 Å². The molecule has 1 rings (SSSR count). The van der Waals surface area contributed by atoms with E-state index in [-0.39, 0.29) is 15.7 Å². The van der Waals surface area contributed by atoms with Crippen molar-refractivity contribution >= 4 is 31.3 Å². The Morgan fingerprint density at radius 2 is 1.47 bits per heavy atom. The van der Waals surface area contributed by atoms with Crippen molar-refractivity contribution in [2.45, 2.75) is 22.0 Å². The number of rotatable bonds is 4. The van der Waals surface area contributed by atoms with Gasteiger partial charge in [0.05, 0.1) is 15.0 Å². The number of alkyl halides is 1. The lowest BCUT2D eigenvalue weighted by Crippen LogP contribution is -2.19. The minimum atomic E-state index is -3.48. The average Bonchev–Trinajstić information content (AvgIpc) is 2.27. The van der Waals surface area contributed by atoms with E-state index >= 15 is 0 Å². The van der Waals surface area contributed by atoms with Crippen molar-refractivity contribution in [2.75, 3.05) is 12.1 Å². The Morgan fingerprint density at radius 3 is 1.82 bits per heavy atom. The molecule has 7 heteroatoms. The molecular weight excluding hydrogens is 284 g/mol. The van der Waals surface area contributed by atoms with Gasteiger partial charge in [0, 0.05) is 12.1 Å². The molecule has 1 atom stereocenters. The molecule has 0 saturated carbocycles. The van der Waals surface area contributed by atoms with Gasteiger partial charge in [-0.3, -0.25) is 0 Å². The molecule has 0 aromatic heterocycles. The van der Waals surface area contributed by atoms with E-state index in [1.807, 2.05) is 0 Å².